The third-order valence-electron chi connectivity index (χ3n) is 4.39. The summed E-state index contributed by atoms with van der Waals surface area (Å²) in [7, 11) is -2.41. The van der Waals surface area contributed by atoms with Gasteiger partial charge in [0.15, 0.2) is 0 Å². The number of carbonyl (C=O) groups excluding carboxylic acids is 1. The Kier molecular flexibility index (Phi) is 6.74. The van der Waals surface area contributed by atoms with Gasteiger partial charge in [-0.3, -0.25) is 4.79 Å². The zero-order valence-electron chi connectivity index (χ0n) is 15.7. The van der Waals surface area contributed by atoms with Crippen LogP contribution in [0.1, 0.15) is 5.56 Å². The Hall–Kier alpha value is -2.20. The summed E-state index contributed by atoms with van der Waals surface area (Å²) in [6.07, 6.45) is -0.0939. The van der Waals surface area contributed by atoms with Crippen LogP contribution in [0.15, 0.2) is 41.3 Å². The van der Waals surface area contributed by atoms with Crippen LogP contribution in [0, 0.1) is 5.82 Å². The molecule has 1 fully saturated rings. The van der Waals surface area contributed by atoms with Gasteiger partial charge in [-0.05, 0) is 35.9 Å². The molecule has 1 aliphatic rings. The van der Waals surface area contributed by atoms with Gasteiger partial charge < -0.3 is 14.8 Å². The van der Waals surface area contributed by atoms with Gasteiger partial charge in [-0.2, -0.15) is 4.31 Å². The molecule has 0 unspecified atom stereocenters. The molecular weight excluding hydrogens is 423 g/mol. The fourth-order valence-electron chi connectivity index (χ4n) is 2.93. The third-order valence-corrected chi connectivity index (χ3v) is 6.62. The van der Waals surface area contributed by atoms with E-state index in [1.54, 1.807) is 6.07 Å². The molecule has 7 nitrogen and oxygen atoms in total. The highest BCUT2D eigenvalue weighted by molar-refractivity contribution is 7.89. The molecule has 0 bridgehead atoms. The maximum atomic E-state index is 13.1. The predicted molar refractivity (Wildman–Crippen MR) is 106 cm³/mol. The Balaban J connectivity index is 1.81. The van der Waals surface area contributed by atoms with Gasteiger partial charge in [0, 0.05) is 13.1 Å². The number of anilines is 1. The highest BCUT2D eigenvalue weighted by Crippen LogP contribution is 2.29. The van der Waals surface area contributed by atoms with Gasteiger partial charge in [0.25, 0.3) is 0 Å². The second-order valence-electron chi connectivity index (χ2n) is 6.35. The Morgan fingerprint density at radius 2 is 1.97 bits per heavy atom. The Labute approximate surface area is 173 Å². The standard InChI is InChI=1S/C19H20ClFN2O5S/c1-27-17-5-2-13(10-18(17)29(25,26)23-6-8-28-9-7-23)11-19(24)22-16-4-3-14(21)12-15(16)20/h2-5,10,12H,6-9,11H2,1H3,(H,22,24). The second kappa shape index (κ2) is 9.08. The van der Waals surface area contributed by atoms with Crippen molar-refractivity contribution in [1.29, 1.82) is 0 Å². The van der Waals surface area contributed by atoms with Crippen molar-refractivity contribution >= 4 is 33.2 Å². The van der Waals surface area contributed by atoms with Gasteiger partial charge in [-0.25, -0.2) is 12.8 Å². The molecule has 1 heterocycles. The van der Waals surface area contributed by atoms with E-state index < -0.39 is 21.7 Å². The summed E-state index contributed by atoms with van der Waals surface area (Å²) in [5, 5.41) is 2.66. The molecule has 0 saturated carbocycles. The smallest absolute Gasteiger partial charge is 0.246 e. The maximum absolute atomic E-state index is 13.1. The molecule has 0 spiro atoms. The fourth-order valence-corrected chi connectivity index (χ4v) is 4.76. The van der Waals surface area contributed by atoms with Gasteiger partial charge in [0.05, 0.1) is 37.5 Å². The largest absolute Gasteiger partial charge is 0.495 e. The molecule has 0 aliphatic carbocycles. The molecule has 2 aromatic rings. The van der Waals surface area contributed by atoms with Crippen molar-refractivity contribution < 1.29 is 27.1 Å². The highest BCUT2D eigenvalue weighted by Gasteiger charge is 2.29. The van der Waals surface area contributed by atoms with E-state index >= 15 is 0 Å². The number of sulfonamides is 1. The normalized spacial score (nSPS) is 15.1. The molecule has 29 heavy (non-hydrogen) atoms. The molecule has 156 valence electrons. The number of benzene rings is 2. The van der Waals surface area contributed by atoms with Crippen LogP contribution in [0.4, 0.5) is 10.1 Å². The lowest BCUT2D eigenvalue weighted by atomic mass is 10.1. The van der Waals surface area contributed by atoms with E-state index in [0.717, 1.165) is 6.07 Å². The van der Waals surface area contributed by atoms with Crippen molar-refractivity contribution in [1.82, 2.24) is 4.31 Å². The molecule has 1 amide bonds. The van der Waals surface area contributed by atoms with Crippen molar-refractivity contribution in [3.63, 3.8) is 0 Å². The average molecular weight is 443 g/mol. The van der Waals surface area contributed by atoms with E-state index in [2.05, 4.69) is 5.32 Å². The van der Waals surface area contributed by atoms with Gasteiger partial charge in [0.1, 0.15) is 16.5 Å². The van der Waals surface area contributed by atoms with Crippen LogP contribution in [0.25, 0.3) is 0 Å². The van der Waals surface area contributed by atoms with Gasteiger partial charge in [-0.15, -0.1) is 0 Å². The molecule has 1 saturated heterocycles. The summed E-state index contributed by atoms with van der Waals surface area (Å²) < 4.78 is 50.9. The number of hydrogen-bond donors (Lipinski definition) is 1. The first-order valence-corrected chi connectivity index (χ1v) is 10.6. The monoisotopic (exact) mass is 442 g/mol. The fraction of sp³-hybridized carbons (Fsp3) is 0.316. The molecule has 1 aliphatic heterocycles. The van der Waals surface area contributed by atoms with Gasteiger partial charge >= 0.3 is 0 Å². The van der Waals surface area contributed by atoms with E-state index in [4.69, 9.17) is 21.1 Å². The number of nitrogens with one attached hydrogen (secondary N) is 1. The van der Waals surface area contributed by atoms with Gasteiger partial charge in [-0.1, -0.05) is 17.7 Å². The first kappa shape index (κ1) is 21.5. The number of methoxy groups -OCH3 is 1. The molecule has 1 N–H and O–H groups in total. The summed E-state index contributed by atoms with van der Waals surface area (Å²) in [6.45, 7) is 1.14. The van der Waals surface area contributed by atoms with E-state index in [0.29, 0.717) is 18.8 Å². The molecule has 0 aromatic heterocycles. The lowest BCUT2D eigenvalue weighted by Gasteiger charge is -2.26. The number of morpholine rings is 1. The Bertz CT molecular complexity index is 1010. The van der Waals surface area contributed by atoms with E-state index in [1.165, 1.54) is 35.7 Å². The van der Waals surface area contributed by atoms with Crippen LogP contribution < -0.4 is 10.1 Å². The SMILES string of the molecule is COc1ccc(CC(=O)Nc2ccc(F)cc2Cl)cc1S(=O)(=O)N1CCOCC1. The lowest BCUT2D eigenvalue weighted by molar-refractivity contribution is -0.115. The topological polar surface area (TPSA) is 84.9 Å². The summed E-state index contributed by atoms with van der Waals surface area (Å²) in [5.41, 5.74) is 0.751. The second-order valence-corrected chi connectivity index (χ2v) is 8.66. The van der Waals surface area contributed by atoms with E-state index in [-0.39, 0.29) is 40.9 Å². The molecule has 0 atom stereocenters. The number of nitrogens with zero attached hydrogens (tertiary/aromatic N) is 1. The number of rotatable bonds is 6. The van der Waals surface area contributed by atoms with E-state index in [1.807, 2.05) is 0 Å². The van der Waals surface area contributed by atoms with Crippen molar-refractivity contribution in [2.75, 3.05) is 38.7 Å². The van der Waals surface area contributed by atoms with Crippen LogP contribution in [0.5, 0.6) is 5.75 Å². The van der Waals surface area contributed by atoms with Crippen molar-refractivity contribution in [2.45, 2.75) is 11.3 Å². The van der Waals surface area contributed by atoms with Crippen LogP contribution in [-0.4, -0.2) is 52.0 Å². The maximum Gasteiger partial charge on any atom is 0.246 e. The van der Waals surface area contributed by atoms with Crippen LogP contribution >= 0.6 is 11.6 Å². The minimum Gasteiger partial charge on any atom is -0.495 e. The first-order valence-electron chi connectivity index (χ1n) is 8.81. The summed E-state index contributed by atoms with van der Waals surface area (Å²) in [6, 6.07) is 8.19. The molecular formula is C19H20ClFN2O5S. The Morgan fingerprint density at radius 1 is 1.24 bits per heavy atom. The lowest BCUT2D eigenvalue weighted by Crippen LogP contribution is -2.40. The zero-order chi connectivity index (χ0) is 21.0. The van der Waals surface area contributed by atoms with Crippen molar-refractivity contribution in [3.8, 4) is 5.75 Å². The van der Waals surface area contributed by atoms with Crippen LogP contribution in [-0.2, 0) is 26.0 Å². The molecule has 3 rings (SSSR count). The van der Waals surface area contributed by atoms with Gasteiger partial charge in [0.2, 0.25) is 15.9 Å². The molecule has 10 heteroatoms. The summed E-state index contributed by atoms with van der Waals surface area (Å²) >= 11 is 5.92. The van der Waals surface area contributed by atoms with Crippen molar-refractivity contribution in [2.24, 2.45) is 0 Å². The van der Waals surface area contributed by atoms with Crippen LogP contribution in [0.2, 0.25) is 5.02 Å². The minimum atomic E-state index is -3.80. The van der Waals surface area contributed by atoms with Crippen molar-refractivity contribution in [3.05, 3.63) is 52.8 Å². The summed E-state index contributed by atoms with van der Waals surface area (Å²) in [5.74, 6) is -0.735. The quantitative estimate of drug-likeness (QED) is 0.743. The number of amides is 1. The molecule has 2 aromatic carbocycles. The first-order chi connectivity index (χ1) is 13.8. The van der Waals surface area contributed by atoms with Crippen LogP contribution in [0.3, 0.4) is 0 Å². The predicted octanol–water partition coefficient (Wildman–Crippen LogP) is 2.69. The van der Waals surface area contributed by atoms with E-state index in [9.17, 15) is 17.6 Å². The average Bonchev–Trinajstić information content (AvgIpc) is 2.70. The number of ether oxygens (including phenoxy) is 2. The zero-order valence-corrected chi connectivity index (χ0v) is 17.2. The minimum absolute atomic E-state index is 0.00739. The molecule has 0 radical (unpaired) electrons. The number of halogens is 2. The number of carbonyl (C=O) groups is 1. The third kappa shape index (κ3) is 5.05. The Morgan fingerprint density at radius 3 is 2.62 bits per heavy atom. The number of hydrogen-bond acceptors (Lipinski definition) is 5. The summed E-state index contributed by atoms with van der Waals surface area (Å²) in [4.78, 5) is 12.4. The highest BCUT2D eigenvalue weighted by atomic mass is 35.5.